The van der Waals surface area contributed by atoms with E-state index in [0.29, 0.717) is 30.8 Å². The lowest BCUT2D eigenvalue weighted by atomic mass is 10.1. The smallest absolute Gasteiger partial charge is 0.255 e. The van der Waals surface area contributed by atoms with Gasteiger partial charge >= 0.3 is 0 Å². The Morgan fingerprint density at radius 2 is 2.03 bits per heavy atom. The molecule has 1 aromatic heterocycles. The molecule has 8 heteroatoms. The van der Waals surface area contributed by atoms with Gasteiger partial charge in [0.1, 0.15) is 11.6 Å². The summed E-state index contributed by atoms with van der Waals surface area (Å²) in [7, 11) is 0. The van der Waals surface area contributed by atoms with Crippen molar-refractivity contribution in [3.05, 3.63) is 83.7 Å². The van der Waals surface area contributed by atoms with E-state index in [9.17, 15) is 18.7 Å². The van der Waals surface area contributed by atoms with Crippen molar-refractivity contribution in [2.45, 2.75) is 25.0 Å². The van der Waals surface area contributed by atoms with Crippen molar-refractivity contribution >= 4 is 11.6 Å². The van der Waals surface area contributed by atoms with Gasteiger partial charge in [0.25, 0.3) is 5.91 Å². The molecule has 0 spiro atoms. The third-order valence-corrected chi connectivity index (χ3v) is 5.37. The van der Waals surface area contributed by atoms with E-state index in [2.05, 4.69) is 10.4 Å². The van der Waals surface area contributed by atoms with Crippen LogP contribution in [0.4, 0.5) is 14.5 Å². The molecule has 4 rings (SSSR count). The van der Waals surface area contributed by atoms with Gasteiger partial charge in [-0.05, 0) is 30.7 Å². The molecule has 1 fully saturated rings. The highest BCUT2D eigenvalue weighted by molar-refractivity contribution is 6.04. The molecule has 2 aromatic carbocycles. The Morgan fingerprint density at radius 3 is 2.80 bits per heavy atom. The number of nitrogens with zero attached hydrogens (tertiary/aromatic N) is 3. The van der Waals surface area contributed by atoms with Crippen molar-refractivity contribution < 1.29 is 18.7 Å². The van der Waals surface area contributed by atoms with Gasteiger partial charge in [-0.1, -0.05) is 24.3 Å². The van der Waals surface area contributed by atoms with Crippen molar-refractivity contribution in [3.8, 4) is 0 Å². The van der Waals surface area contributed by atoms with Crippen LogP contribution in [0.15, 0.2) is 60.9 Å². The maximum atomic E-state index is 14.0. The number of hydrogen-bond donors (Lipinski definition) is 2. The van der Waals surface area contributed by atoms with Crippen LogP contribution in [0.2, 0.25) is 0 Å². The average molecular weight is 412 g/mol. The topological polar surface area (TPSA) is 70.4 Å². The predicted molar refractivity (Wildman–Crippen MR) is 108 cm³/mol. The van der Waals surface area contributed by atoms with E-state index in [4.69, 9.17) is 0 Å². The minimum atomic E-state index is -0.478. The lowest BCUT2D eigenvalue weighted by Crippen LogP contribution is -2.32. The first-order valence-electron chi connectivity index (χ1n) is 9.73. The molecule has 0 aliphatic carbocycles. The van der Waals surface area contributed by atoms with Crippen LogP contribution in [0.3, 0.4) is 0 Å². The first-order valence-corrected chi connectivity index (χ1v) is 9.73. The number of rotatable bonds is 6. The molecule has 2 heterocycles. The standard InChI is InChI=1S/C22H22F2N4O2/c23-17-6-3-5-15(8-17)22(30)26-18-10-25-28(12-18)19-9-20(14-29)27(13-19)11-16-4-1-2-7-21(16)24/h1-8,10,12,19-20,29H,9,11,13-14H2,(H,26,30)/t19-,20-/m0/s1. The minimum absolute atomic E-state index is 0.0197. The Kier molecular flexibility index (Phi) is 5.87. The van der Waals surface area contributed by atoms with Crippen LogP contribution in [0.25, 0.3) is 0 Å². The van der Waals surface area contributed by atoms with Gasteiger partial charge in [-0.2, -0.15) is 5.10 Å². The fraction of sp³-hybridized carbons (Fsp3) is 0.273. The maximum Gasteiger partial charge on any atom is 0.255 e. The SMILES string of the molecule is O=C(Nc1cnn([C@H]2C[C@@H](CO)N(Cc3ccccc3F)C2)c1)c1cccc(F)c1. The molecule has 2 atom stereocenters. The first-order chi connectivity index (χ1) is 14.5. The number of carbonyl (C=O) groups is 1. The molecule has 0 bridgehead atoms. The monoisotopic (exact) mass is 412 g/mol. The number of nitrogens with one attached hydrogen (secondary N) is 1. The van der Waals surface area contributed by atoms with Gasteiger partial charge in [-0.25, -0.2) is 8.78 Å². The van der Waals surface area contributed by atoms with Gasteiger partial charge in [-0.3, -0.25) is 14.4 Å². The number of likely N-dealkylation sites (tertiary alicyclic amines) is 1. The lowest BCUT2D eigenvalue weighted by Gasteiger charge is -2.22. The van der Waals surface area contributed by atoms with Gasteiger partial charge in [-0.15, -0.1) is 0 Å². The molecule has 1 aliphatic rings. The molecule has 1 aliphatic heterocycles. The fourth-order valence-corrected chi connectivity index (χ4v) is 3.81. The van der Waals surface area contributed by atoms with E-state index in [-0.39, 0.29) is 30.1 Å². The summed E-state index contributed by atoms with van der Waals surface area (Å²) in [6.45, 7) is 0.965. The average Bonchev–Trinajstić information content (AvgIpc) is 3.36. The number of benzene rings is 2. The number of aliphatic hydroxyl groups excluding tert-OH is 1. The number of aromatic nitrogens is 2. The Hall–Kier alpha value is -3.10. The molecule has 0 radical (unpaired) electrons. The predicted octanol–water partition coefficient (Wildman–Crippen LogP) is 3.22. The zero-order valence-corrected chi connectivity index (χ0v) is 16.2. The van der Waals surface area contributed by atoms with Crippen LogP contribution in [0.1, 0.15) is 28.4 Å². The quantitative estimate of drug-likeness (QED) is 0.652. The van der Waals surface area contributed by atoms with E-state index in [0.717, 1.165) is 0 Å². The number of halogens is 2. The minimum Gasteiger partial charge on any atom is -0.395 e. The summed E-state index contributed by atoms with van der Waals surface area (Å²) in [4.78, 5) is 14.3. The Balaban J connectivity index is 1.43. The zero-order chi connectivity index (χ0) is 21.1. The molecule has 1 amide bonds. The van der Waals surface area contributed by atoms with Crippen molar-refractivity contribution in [2.75, 3.05) is 18.5 Å². The van der Waals surface area contributed by atoms with Crippen LogP contribution < -0.4 is 5.32 Å². The Labute approximate surface area is 172 Å². The highest BCUT2D eigenvalue weighted by Gasteiger charge is 2.33. The third-order valence-electron chi connectivity index (χ3n) is 5.37. The maximum absolute atomic E-state index is 14.0. The van der Waals surface area contributed by atoms with E-state index < -0.39 is 11.7 Å². The molecule has 156 valence electrons. The lowest BCUT2D eigenvalue weighted by molar-refractivity contribution is 0.102. The number of carbonyl (C=O) groups excluding carboxylic acids is 1. The number of hydrogen-bond acceptors (Lipinski definition) is 4. The molecule has 3 aromatic rings. The fourth-order valence-electron chi connectivity index (χ4n) is 3.81. The van der Waals surface area contributed by atoms with E-state index in [1.807, 2.05) is 4.90 Å². The summed E-state index contributed by atoms with van der Waals surface area (Å²) < 4.78 is 29.1. The van der Waals surface area contributed by atoms with Crippen LogP contribution in [-0.4, -0.2) is 44.9 Å². The second-order valence-corrected chi connectivity index (χ2v) is 7.42. The summed E-state index contributed by atoms with van der Waals surface area (Å²) in [5.74, 6) is -1.16. The van der Waals surface area contributed by atoms with Crippen LogP contribution in [0, 0.1) is 11.6 Å². The van der Waals surface area contributed by atoms with Crippen molar-refractivity contribution in [1.82, 2.24) is 14.7 Å². The van der Waals surface area contributed by atoms with E-state index in [1.54, 1.807) is 29.1 Å². The summed E-state index contributed by atoms with van der Waals surface area (Å²) in [5.41, 5.74) is 1.30. The molecule has 2 N–H and O–H groups in total. The molecule has 0 unspecified atom stereocenters. The largest absolute Gasteiger partial charge is 0.395 e. The van der Waals surface area contributed by atoms with Crippen molar-refractivity contribution in [2.24, 2.45) is 0 Å². The van der Waals surface area contributed by atoms with Crippen molar-refractivity contribution in [1.29, 1.82) is 0 Å². The van der Waals surface area contributed by atoms with Crippen molar-refractivity contribution in [3.63, 3.8) is 0 Å². The Morgan fingerprint density at radius 1 is 1.20 bits per heavy atom. The number of aliphatic hydroxyl groups is 1. The molecular formula is C22H22F2N4O2. The van der Waals surface area contributed by atoms with E-state index in [1.165, 1.54) is 36.5 Å². The van der Waals surface area contributed by atoms with Crippen LogP contribution >= 0.6 is 0 Å². The second-order valence-electron chi connectivity index (χ2n) is 7.42. The zero-order valence-electron chi connectivity index (χ0n) is 16.2. The second kappa shape index (κ2) is 8.73. The van der Waals surface area contributed by atoms with Crippen LogP contribution in [0.5, 0.6) is 0 Å². The first kappa shape index (κ1) is 20.2. The molecule has 0 saturated carbocycles. The summed E-state index contributed by atoms with van der Waals surface area (Å²) >= 11 is 0. The normalized spacial score (nSPS) is 19.2. The van der Waals surface area contributed by atoms with Gasteiger partial charge in [0.2, 0.25) is 0 Å². The highest BCUT2D eigenvalue weighted by atomic mass is 19.1. The van der Waals surface area contributed by atoms with Gasteiger partial charge in [0.15, 0.2) is 0 Å². The highest BCUT2D eigenvalue weighted by Crippen LogP contribution is 2.29. The van der Waals surface area contributed by atoms with Gasteiger partial charge < -0.3 is 10.4 Å². The summed E-state index contributed by atoms with van der Waals surface area (Å²) in [6.07, 6.45) is 3.90. The van der Waals surface area contributed by atoms with Gasteiger partial charge in [0, 0.05) is 36.5 Å². The van der Waals surface area contributed by atoms with Crippen LogP contribution in [-0.2, 0) is 6.54 Å². The summed E-state index contributed by atoms with van der Waals surface area (Å²) in [5, 5.41) is 16.8. The molecule has 6 nitrogen and oxygen atoms in total. The van der Waals surface area contributed by atoms with Gasteiger partial charge in [0.05, 0.1) is 24.5 Å². The summed E-state index contributed by atoms with van der Waals surface area (Å²) in [6, 6.07) is 11.9. The Bertz CT molecular complexity index is 1040. The molecule has 30 heavy (non-hydrogen) atoms. The number of anilines is 1. The molecule has 1 saturated heterocycles. The molecular weight excluding hydrogens is 390 g/mol. The number of amides is 1. The third kappa shape index (κ3) is 4.39. The van der Waals surface area contributed by atoms with E-state index >= 15 is 0 Å².